The van der Waals surface area contributed by atoms with Crippen LogP contribution in [0.3, 0.4) is 0 Å². The van der Waals surface area contributed by atoms with Gasteiger partial charge in [0.25, 0.3) is 0 Å². The highest BCUT2D eigenvalue weighted by molar-refractivity contribution is 5.90. The van der Waals surface area contributed by atoms with Crippen LogP contribution >= 0.6 is 0 Å². The summed E-state index contributed by atoms with van der Waals surface area (Å²) in [7, 11) is 0. The highest BCUT2D eigenvalue weighted by atomic mass is 16.2. The first-order chi connectivity index (χ1) is 12.5. The predicted molar refractivity (Wildman–Crippen MR) is 106 cm³/mol. The summed E-state index contributed by atoms with van der Waals surface area (Å²) >= 11 is 0. The van der Waals surface area contributed by atoms with Gasteiger partial charge < -0.3 is 15.2 Å². The van der Waals surface area contributed by atoms with Crippen molar-refractivity contribution in [1.82, 2.24) is 15.2 Å². The minimum Gasteiger partial charge on any atom is -0.358 e. The number of benzene rings is 1. The van der Waals surface area contributed by atoms with E-state index in [1.165, 1.54) is 35.8 Å². The number of rotatable bonds is 2. The largest absolute Gasteiger partial charge is 0.358 e. The molecule has 0 saturated carbocycles. The van der Waals surface area contributed by atoms with E-state index in [-0.39, 0.29) is 11.4 Å². The summed E-state index contributed by atoms with van der Waals surface area (Å²) in [5.41, 5.74) is 4.75. The topological polar surface area (TPSA) is 48.1 Å². The lowest BCUT2D eigenvalue weighted by Gasteiger charge is -2.38. The van der Waals surface area contributed by atoms with E-state index in [9.17, 15) is 4.79 Å². The summed E-state index contributed by atoms with van der Waals surface area (Å²) in [6, 6.07) is 6.78. The molecule has 2 fully saturated rings. The lowest BCUT2D eigenvalue weighted by atomic mass is 9.87. The Labute approximate surface area is 156 Å². The normalized spacial score (nSPS) is 26.6. The second-order valence-electron chi connectivity index (χ2n) is 8.50. The number of nitrogens with zero attached hydrogens (tertiary/aromatic N) is 1. The zero-order chi connectivity index (χ0) is 18.3. The average Bonchev–Trinajstić information content (AvgIpc) is 3.06. The van der Waals surface area contributed by atoms with Crippen LogP contribution in [0.25, 0.3) is 10.9 Å². The van der Waals surface area contributed by atoms with Crippen molar-refractivity contribution in [2.45, 2.75) is 70.9 Å². The molecule has 1 aromatic carbocycles. The molecular formula is C22H31N3O. The molecule has 1 amide bonds. The van der Waals surface area contributed by atoms with E-state index in [1.54, 1.807) is 0 Å². The van der Waals surface area contributed by atoms with Gasteiger partial charge in [0.15, 0.2) is 0 Å². The number of likely N-dealkylation sites (tertiary alicyclic amines) is 1. The summed E-state index contributed by atoms with van der Waals surface area (Å²) in [4.78, 5) is 18.9. The second kappa shape index (κ2) is 6.73. The van der Waals surface area contributed by atoms with Crippen molar-refractivity contribution in [3.63, 3.8) is 0 Å². The molecule has 2 aliphatic rings. The summed E-state index contributed by atoms with van der Waals surface area (Å²) in [5.74, 6) is 0.284. The molecular weight excluding hydrogens is 322 g/mol. The Morgan fingerprint density at radius 1 is 1.27 bits per heavy atom. The summed E-state index contributed by atoms with van der Waals surface area (Å²) in [6.45, 7) is 8.47. The maximum atomic E-state index is 13.3. The van der Waals surface area contributed by atoms with E-state index in [0.29, 0.717) is 12.5 Å². The number of carbonyl (C=O) groups excluding carboxylic acids is 1. The number of hydrogen-bond acceptors (Lipinski definition) is 2. The Morgan fingerprint density at radius 2 is 2.12 bits per heavy atom. The fraction of sp³-hybridized carbons (Fsp3) is 0.591. The van der Waals surface area contributed by atoms with E-state index in [1.807, 2.05) is 0 Å². The van der Waals surface area contributed by atoms with Crippen LogP contribution in [0.1, 0.15) is 55.8 Å². The number of fused-ring (bicyclic) bond motifs is 2. The number of H-pyrrole nitrogens is 1. The molecule has 2 aromatic rings. The van der Waals surface area contributed by atoms with Crippen molar-refractivity contribution < 1.29 is 4.79 Å². The fourth-order valence-electron chi connectivity index (χ4n) is 4.99. The first-order valence-corrected chi connectivity index (χ1v) is 10.1. The Morgan fingerprint density at radius 3 is 2.96 bits per heavy atom. The van der Waals surface area contributed by atoms with Gasteiger partial charge in [-0.1, -0.05) is 24.5 Å². The molecule has 26 heavy (non-hydrogen) atoms. The van der Waals surface area contributed by atoms with Gasteiger partial charge in [-0.25, -0.2) is 0 Å². The van der Waals surface area contributed by atoms with Gasteiger partial charge in [0, 0.05) is 34.7 Å². The maximum absolute atomic E-state index is 13.3. The maximum Gasteiger partial charge on any atom is 0.227 e. The van der Waals surface area contributed by atoms with Crippen molar-refractivity contribution in [3.05, 3.63) is 35.0 Å². The van der Waals surface area contributed by atoms with Crippen LogP contribution in [-0.4, -0.2) is 40.5 Å². The molecule has 0 spiro atoms. The Bertz CT molecular complexity index is 824. The molecule has 0 radical (unpaired) electrons. The third-order valence-electron chi connectivity index (χ3n) is 6.59. The fourth-order valence-corrected chi connectivity index (χ4v) is 4.99. The van der Waals surface area contributed by atoms with Crippen molar-refractivity contribution in [3.8, 4) is 0 Å². The molecule has 4 heteroatoms. The summed E-state index contributed by atoms with van der Waals surface area (Å²) in [5, 5.41) is 4.95. The van der Waals surface area contributed by atoms with Crippen molar-refractivity contribution in [1.29, 1.82) is 0 Å². The van der Waals surface area contributed by atoms with Crippen molar-refractivity contribution >= 4 is 16.8 Å². The van der Waals surface area contributed by atoms with Crippen molar-refractivity contribution in [2.75, 3.05) is 13.1 Å². The third-order valence-corrected chi connectivity index (χ3v) is 6.59. The average molecular weight is 354 g/mol. The first-order valence-electron chi connectivity index (χ1n) is 10.1. The minimum absolute atomic E-state index is 0.0852. The SMILES string of the molecule is Cc1ccc2[nH]c(C)c(CC(=O)N3CC[C@]4(C)NCCCCC[C@H]34)c2c1. The van der Waals surface area contributed by atoms with E-state index < -0.39 is 0 Å². The Kier molecular flexibility index (Phi) is 4.55. The number of hydrogen-bond donors (Lipinski definition) is 2. The van der Waals surface area contributed by atoms with E-state index in [4.69, 9.17) is 0 Å². The van der Waals surface area contributed by atoms with Crippen LogP contribution < -0.4 is 5.32 Å². The molecule has 0 bridgehead atoms. The molecule has 4 nitrogen and oxygen atoms in total. The van der Waals surface area contributed by atoms with Crippen LogP contribution in [0.5, 0.6) is 0 Å². The molecule has 0 unspecified atom stereocenters. The number of aromatic amines is 1. The number of aryl methyl sites for hydroxylation is 2. The van der Waals surface area contributed by atoms with Crippen LogP contribution in [-0.2, 0) is 11.2 Å². The van der Waals surface area contributed by atoms with Gasteiger partial charge in [-0.3, -0.25) is 4.79 Å². The molecule has 140 valence electrons. The van der Waals surface area contributed by atoms with Gasteiger partial charge in [-0.2, -0.15) is 0 Å². The monoisotopic (exact) mass is 353 g/mol. The van der Waals surface area contributed by atoms with Gasteiger partial charge in [-0.05, 0) is 64.3 Å². The molecule has 2 atom stereocenters. The molecule has 2 N–H and O–H groups in total. The number of carbonyl (C=O) groups is 1. The third kappa shape index (κ3) is 3.05. The highest BCUT2D eigenvalue weighted by Crippen LogP contribution is 2.34. The molecule has 4 rings (SSSR count). The molecule has 2 aliphatic heterocycles. The highest BCUT2D eigenvalue weighted by Gasteiger charge is 2.45. The molecule has 3 heterocycles. The Hall–Kier alpha value is -1.81. The van der Waals surface area contributed by atoms with Gasteiger partial charge in [0.2, 0.25) is 5.91 Å². The number of nitrogens with one attached hydrogen (secondary N) is 2. The second-order valence-corrected chi connectivity index (χ2v) is 8.50. The quantitative estimate of drug-likeness (QED) is 0.861. The lowest BCUT2D eigenvalue weighted by molar-refractivity contribution is -0.132. The Balaban J connectivity index is 1.59. The molecule has 1 aromatic heterocycles. The molecule has 0 aliphatic carbocycles. The zero-order valence-corrected chi connectivity index (χ0v) is 16.3. The lowest BCUT2D eigenvalue weighted by Crippen LogP contribution is -2.54. The molecule has 2 saturated heterocycles. The van der Waals surface area contributed by atoms with Crippen LogP contribution in [0.2, 0.25) is 0 Å². The van der Waals surface area contributed by atoms with Gasteiger partial charge in [-0.15, -0.1) is 0 Å². The van der Waals surface area contributed by atoms with Crippen molar-refractivity contribution in [2.24, 2.45) is 0 Å². The summed E-state index contributed by atoms with van der Waals surface area (Å²) in [6.07, 6.45) is 6.45. The minimum atomic E-state index is 0.0852. The number of aromatic nitrogens is 1. The van der Waals surface area contributed by atoms with Crippen LogP contribution in [0, 0.1) is 13.8 Å². The van der Waals surface area contributed by atoms with Gasteiger partial charge in [0.05, 0.1) is 6.42 Å². The van der Waals surface area contributed by atoms with Crippen LogP contribution in [0.15, 0.2) is 18.2 Å². The van der Waals surface area contributed by atoms with Gasteiger partial charge in [0.1, 0.15) is 0 Å². The smallest absolute Gasteiger partial charge is 0.227 e. The predicted octanol–water partition coefficient (Wildman–Crippen LogP) is 3.85. The van der Waals surface area contributed by atoms with E-state index in [0.717, 1.165) is 37.1 Å². The number of amides is 1. The van der Waals surface area contributed by atoms with Crippen LogP contribution in [0.4, 0.5) is 0 Å². The van der Waals surface area contributed by atoms with E-state index >= 15 is 0 Å². The first kappa shape index (κ1) is 17.6. The van der Waals surface area contributed by atoms with E-state index in [2.05, 4.69) is 54.2 Å². The van der Waals surface area contributed by atoms with Gasteiger partial charge >= 0.3 is 0 Å². The standard InChI is InChI=1S/C22H31N3O/c1-15-8-9-19-18(13-15)17(16(2)24-19)14-21(26)25-12-10-22(3)20(25)7-5-4-6-11-23-22/h8-9,13,20,23-24H,4-7,10-12,14H2,1-3H3/t20-,22-/m0/s1. The zero-order valence-electron chi connectivity index (χ0n) is 16.3. The summed E-state index contributed by atoms with van der Waals surface area (Å²) < 4.78 is 0.